The molecular formula is C16H12ClN3O3S. The first-order valence-corrected chi connectivity index (χ1v) is 8.58. The quantitative estimate of drug-likeness (QED) is 0.848. The van der Waals surface area contributed by atoms with Gasteiger partial charge >= 0.3 is 0 Å². The van der Waals surface area contributed by atoms with Gasteiger partial charge in [0.2, 0.25) is 12.7 Å². The molecule has 122 valence electrons. The first-order valence-electron chi connectivity index (χ1n) is 7.22. The van der Waals surface area contributed by atoms with Crippen LogP contribution in [0.15, 0.2) is 35.5 Å². The summed E-state index contributed by atoms with van der Waals surface area (Å²) in [5, 5.41) is 4.18. The number of ether oxygens (including phenoxy) is 2. The van der Waals surface area contributed by atoms with Crippen LogP contribution in [0.25, 0.3) is 0 Å². The topological polar surface area (TPSA) is 72.8 Å². The number of halogens is 1. The summed E-state index contributed by atoms with van der Waals surface area (Å²) in [5.41, 5.74) is 2.53. The second-order valence-corrected chi connectivity index (χ2v) is 6.66. The molecule has 8 heteroatoms. The van der Waals surface area contributed by atoms with E-state index in [0.29, 0.717) is 28.8 Å². The van der Waals surface area contributed by atoms with Crippen molar-refractivity contribution in [2.24, 2.45) is 4.99 Å². The summed E-state index contributed by atoms with van der Waals surface area (Å²) in [4.78, 5) is 20.6. The zero-order valence-corrected chi connectivity index (χ0v) is 14.0. The Morgan fingerprint density at radius 3 is 3.08 bits per heavy atom. The molecule has 2 aliphatic rings. The second-order valence-electron chi connectivity index (χ2n) is 5.22. The number of rotatable bonds is 3. The number of aliphatic imine (C=N–C) groups is 1. The molecule has 1 N–H and O–H groups in total. The van der Waals surface area contributed by atoms with Crippen molar-refractivity contribution < 1.29 is 14.3 Å². The van der Waals surface area contributed by atoms with Gasteiger partial charge in [-0.25, -0.2) is 9.98 Å². The first kappa shape index (κ1) is 15.3. The van der Waals surface area contributed by atoms with Crippen LogP contribution in [0.5, 0.6) is 11.5 Å². The fraction of sp³-hybridized carbons (Fsp3) is 0.188. The van der Waals surface area contributed by atoms with Gasteiger partial charge in [-0.15, -0.1) is 11.8 Å². The minimum absolute atomic E-state index is 0.103. The van der Waals surface area contributed by atoms with E-state index in [1.807, 2.05) is 0 Å². The Morgan fingerprint density at radius 2 is 2.17 bits per heavy atom. The molecule has 0 aliphatic carbocycles. The van der Waals surface area contributed by atoms with E-state index in [2.05, 4.69) is 15.3 Å². The number of hydrogen-bond acceptors (Lipinski definition) is 6. The van der Waals surface area contributed by atoms with Gasteiger partial charge in [-0.3, -0.25) is 4.79 Å². The molecule has 24 heavy (non-hydrogen) atoms. The third-order valence-electron chi connectivity index (χ3n) is 3.55. The number of hydrogen-bond donors (Lipinski definition) is 1. The lowest BCUT2D eigenvalue weighted by Crippen LogP contribution is -2.15. The number of nitrogens with zero attached hydrogens (tertiary/aromatic N) is 2. The molecule has 3 heterocycles. The number of thioether (sulfide) groups is 1. The zero-order chi connectivity index (χ0) is 16.5. The number of carbonyl (C=O) groups excluding carboxylic acids is 1. The molecule has 0 fully saturated rings. The van der Waals surface area contributed by atoms with E-state index in [9.17, 15) is 4.79 Å². The van der Waals surface area contributed by atoms with Gasteiger partial charge in [0.15, 0.2) is 11.5 Å². The molecule has 0 atom stereocenters. The van der Waals surface area contributed by atoms with E-state index in [1.54, 1.807) is 30.5 Å². The average molecular weight is 362 g/mol. The summed E-state index contributed by atoms with van der Waals surface area (Å²) in [6.07, 6.45) is 2.33. The summed E-state index contributed by atoms with van der Waals surface area (Å²) in [7, 11) is 0. The minimum Gasteiger partial charge on any atom is -0.454 e. The highest BCUT2D eigenvalue weighted by molar-refractivity contribution is 8.14. The summed E-state index contributed by atoms with van der Waals surface area (Å²) in [6, 6.07) is 7.12. The van der Waals surface area contributed by atoms with Crippen LogP contribution in [0, 0.1) is 0 Å². The van der Waals surface area contributed by atoms with E-state index < -0.39 is 0 Å². The van der Waals surface area contributed by atoms with E-state index in [4.69, 9.17) is 21.1 Å². The van der Waals surface area contributed by atoms with Gasteiger partial charge in [-0.2, -0.15) is 0 Å². The molecule has 0 spiro atoms. The van der Waals surface area contributed by atoms with E-state index in [-0.39, 0.29) is 18.5 Å². The summed E-state index contributed by atoms with van der Waals surface area (Å²) in [6.45, 7) is 0.210. The van der Waals surface area contributed by atoms with Gasteiger partial charge in [0.1, 0.15) is 5.15 Å². The van der Waals surface area contributed by atoms with Crippen molar-refractivity contribution in [3.8, 4) is 11.5 Å². The highest BCUT2D eigenvalue weighted by atomic mass is 35.5. The van der Waals surface area contributed by atoms with Crippen LogP contribution in [0.4, 0.5) is 11.4 Å². The molecule has 0 bridgehead atoms. The number of carbonyl (C=O) groups is 1. The molecule has 4 rings (SSSR count). The van der Waals surface area contributed by atoms with Crippen molar-refractivity contribution >= 4 is 45.7 Å². The number of pyridine rings is 1. The molecule has 0 saturated carbocycles. The SMILES string of the molecule is O=C(CSC1=Nc2cnc(Cl)cc2C1)Nc1ccc2c(c1)OCO2. The fourth-order valence-electron chi connectivity index (χ4n) is 2.44. The van der Waals surface area contributed by atoms with Crippen molar-refractivity contribution in [2.75, 3.05) is 17.9 Å². The van der Waals surface area contributed by atoms with Crippen LogP contribution in [0.3, 0.4) is 0 Å². The summed E-state index contributed by atoms with van der Waals surface area (Å²) >= 11 is 7.29. The average Bonchev–Trinajstić information content (AvgIpc) is 3.18. The lowest BCUT2D eigenvalue weighted by Gasteiger charge is -2.06. The van der Waals surface area contributed by atoms with Crippen LogP contribution in [-0.2, 0) is 11.2 Å². The Kier molecular flexibility index (Phi) is 4.03. The van der Waals surface area contributed by atoms with Gasteiger partial charge in [0.25, 0.3) is 0 Å². The monoisotopic (exact) mass is 361 g/mol. The number of anilines is 1. The number of aromatic nitrogens is 1. The Morgan fingerprint density at radius 1 is 1.29 bits per heavy atom. The van der Waals surface area contributed by atoms with E-state index in [0.717, 1.165) is 16.3 Å². The first-order chi connectivity index (χ1) is 11.7. The Hall–Kier alpha value is -2.25. The molecule has 0 radical (unpaired) electrons. The predicted molar refractivity (Wildman–Crippen MR) is 93.7 cm³/mol. The summed E-state index contributed by atoms with van der Waals surface area (Å²) in [5.74, 6) is 1.50. The van der Waals surface area contributed by atoms with Crippen LogP contribution in [0.1, 0.15) is 5.56 Å². The normalized spacial score (nSPS) is 14.3. The third kappa shape index (κ3) is 3.18. The molecule has 0 saturated heterocycles. The van der Waals surface area contributed by atoms with Gasteiger partial charge < -0.3 is 14.8 Å². The maximum Gasteiger partial charge on any atom is 0.234 e. The van der Waals surface area contributed by atoms with E-state index >= 15 is 0 Å². The van der Waals surface area contributed by atoms with Gasteiger partial charge in [0, 0.05) is 18.2 Å². The predicted octanol–water partition coefficient (Wildman–Crippen LogP) is 3.42. The molecule has 1 amide bonds. The molecule has 2 aromatic rings. The number of amides is 1. The largest absolute Gasteiger partial charge is 0.454 e. The molecular weight excluding hydrogens is 350 g/mol. The minimum atomic E-state index is -0.103. The van der Waals surface area contributed by atoms with Gasteiger partial charge in [-0.05, 0) is 23.8 Å². The second kappa shape index (κ2) is 6.33. The maximum absolute atomic E-state index is 12.1. The Labute approximate surface area is 147 Å². The maximum atomic E-state index is 12.1. The van der Waals surface area contributed by atoms with Gasteiger partial charge in [0.05, 0.1) is 22.7 Å². The fourth-order valence-corrected chi connectivity index (χ4v) is 3.41. The van der Waals surface area contributed by atoms with E-state index in [1.165, 1.54) is 11.8 Å². The standard InChI is InChI=1S/C16H12ClN3O3S/c17-14-3-9-4-16(20-11(9)6-18-14)24-7-15(21)19-10-1-2-12-13(5-10)23-8-22-12/h1-3,5-6H,4,7-8H2,(H,19,21). The smallest absolute Gasteiger partial charge is 0.234 e. The Bertz CT molecular complexity index is 856. The lowest BCUT2D eigenvalue weighted by molar-refractivity contribution is -0.113. The number of nitrogens with one attached hydrogen (secondary N) is 1. The van der Waals surface area contributed by atoms with Crippen LogP contribution in [0.2, 0.25) is 5.15 Å². The molecule has 1 aromatic heterocycles. The molecule has 2 aliphatic heterocycles. The highest BCUT2D eigenvalue weighted by Crippen LogP contribution is 2.34. The Balaban J connectivity index is 1.33. The van der Waals surface area contributed by atoms with Crippen molar-refractivity contribution in [1.82, 2.24) is 4.98 Å². The molecule has 6 nitrogen and oxygen atoms in total. The van der Waals surface area contributed by atoms with Crippen molar-refractivity contribution in [3.63, 3.8) is 0 Å². The molecule has 0 unspecified atom stereocenters. The number of benzene rings is 1. The summed E-state index contributed by atoms with van der Waals surface area (Å²) < 4.78 is 10.5. The van der Waals surface area contributed by atoms with Crippen molar-refractivity contribution in [1.29, 1.82) is 0 Å². The van der Waals surface area contributed by atoms with Crippen LogP contribution >= 0.6 is 23.4 Å². The van der Waals surface area contributed by atoms with Crippen molar-refractivity contribution in [3.05, 3.63) is 41.2 Å². The zero-order valence-electron chi connectivity index (χ0n) is 12.4. The van der Waals surface area contributed by atoms with Gasteiger partial charge in [-0.1, -0.05) is 11.6 Å². The van der Waals surface area contributed by atoms with Crippen LogP contribution in [-0.4, -0.2) is 28.5 Å². The third-order valence-corrected chi connectivity index (χ3v) is 4.73. The molecule has 1 aromatic carbocycles. The highest BCUT2D eigenvalue weighted by Gasteiger charge is 2.18. The van der Waals surface area contributed by atoms with Crippen molar-refractivity contribution in [2.45, 2.75) is 6.42 Å². The number of fused-ring (bicyclic) bond motifs is 2. The van der Waals surface area contributed by atoms with Crippen LogP contribution < -0.4 is 14.8 Å². The lowest BCUT2D eigenvalue weighted by atomic mass is 10.2.